The minimum Gasteiger partial charge on any atom is -0.390 e. The van der Waals surface area contributed by atoms with Crippen LogP contribution in [-0.4, -0.2) is 71.1 Å². The Morgan fingerprint density at radius 1 is 1.08 bits per heavy atom. The standard InChI is InChI=1S/C28H44N4O4/c1-19(33)29-16-26(35)30-23(14-20-10-6-5-7-11-20)25(34)18-32-17-22-13-9-8-12-21(22)15-24(32)27(36)31-28(2,3)4/h5-7,10-11,21-25,34H,8-9,12-18H2,1-4H3,(H,29,33)(H,30,35)(H,31,36)/t21-,22?,23?,24?,25+/m0/s1. The van der Waals surface area contributed by atoms with Crippen LogP contribution in [0.5, 0.6) is 0 Å². The number of nitrogens with zero attached hydrogens (tertiary/aromatic N) is 1. The number of carbonyl (C=O) groups excluding carboxylic acids is 3. The zero-order chi connectivity index (χ0) is 26.3. The fraction of sp³-hybridized carbons (Fsp3) is 0.679. The maximum atomic E-state index is 13.3. The molecule has 5 atom stereocenters. The summed E-state index contributed by atoms with van der Waals surface area (Å²) in [6.07, 6.45) is 5.13. The third kappa shape index (κ3) is 8.59. The van der Waals surface area contributed by atoms with Gasteiger partial charge in [0, 0.05) is 25.6 Å². The smallest absolute Gasteiger partial charge is 0.239 e. The van der Waals surface area contributed by atoms with Gasteiger partial charge in [-0.1, -0.05) is 49.6 Å². The molecule has 2 fully saturated rings. The first-order valence-electron chi connectivity index (χ1n) is 13.3. The van der Waals surface area contributed by atoms with Gasteiger partial charge in [0.2, 0.25) is 17.7 Å². The summed E-state index contributed by atoms with van der Waals surface area (Å²) in [6, 6.07) is 8.86. The van der Waals surface area contributed by atoms with Crippen LogP contribution in [0.4, 0.5) is 0 Å². The van der Waals surface area contributed by atoms with Crippen molar-refractivity contribution in [2.24, 2.45) is 11.8 Å². The van der Waals surface area contributed by atoms with Crippen LogP contribution in [0.2, 0.25) is 0 Å². The van der Waals surface area contributed by atoms with Gasteiger partial charge in [-0.2, -0.15) is 0 Å². The number of hydrogen-bond donors (Lipinski definition) is 4. The van der Waals surface area contributed by atoms with Crippen molar-refractivity contribution < 1.29 is 19.5 Å². The second kappa shape index (κ2) is 12.7. The van der Waals surface area contributed by atoms with Crippen LogP contribution < -0.4 is 16.0 Å². The molecule has 2 aliphatic rings. The molecule has 1 aliphatic carbocycles. The van der Waals surface area contributed by atoms with E-state index in [4.69, 9.17) is 0 Å². The number of amides is 3. The Labute approximate surface area is 215 Å². The third-order valence-corrected chi connectivity index (χ3v) is 7.33. The number of piperidine rings is 1. The summed E-state index contributed by atoms with van der Waals surface area (Å²) in [6.45, 7) is 8.24. The Morgan fingerprint density at radius 3 is 2.39 bits per heavy atom. The third-order valence-electron chi connectivity index (χ3n) is 7.33. The van der Waals surface area contributed by atoms with E-state index < -0.39 is 12.1 Å². The zero-order valence-corrected chi connectivity index (χ0v) is 22.3. The SMILES string of the molecule is CC(=O)NCC(=O)NC(Cc1ccccc1)[C@H](O)CN1CC2CCCC[C@H]2CC1C(=O)NC(C)(C)C. The van der Waals surface area contributed by atoms with Gasteiger partial charge in [-0.15, -0.1) is 0 Å². The van der Waals surface area contributed by atoms with Crippen LogP contribution in [0.3, 0.4) is 0 Å². The molecule has 1 saturated carbocycles. The van der Waals surface area contributed by atoms with E-state index in [1.807, 2.05) is 51.1 Å². The van der Waals surface area contributed by atoms with Gasteiger partial charge in [0.25, 0.3) is 0 Å². The average Bonchev–Trinajstić information content (AvgIpc) is 2.81. The molecule has 3 amide bonds. The minimum absolute atomic E-state index is 0.00743. The Balaban J connectivity index is 1.76. The maximum Gasteiger partial charge on any atom is 0.239 e. The van der Waals surface area contributed by atoms with Crippen LogP contribution in [0.1, 0.15) is 65.4 Å². The Morgan fingerprint density at radius 2 is 1.75 bits per heavy atom. The highest BCUT2D eigenvalue weighted by molar-refractivity contribution is 5.84. The molecule has 0 radical (unpaired) electrons. The topological polar surface area (TPSA) is 111 Å². The largest absolute Gasteiger partial charge is 0.390 e. The van der Waals surface area contributed by atoms with E-state index in [0.717, 1.165) is 31.4 Å². The molecule has 0 spiro atoms. The summed E-state index contributed by atoms with van der Waals surface area (Å²) < 4.78 is 0. The van der Waals surface area contributed by atoms with Crippen LogP contribution in [0.15, 0.2) is 30.3 Å². The first kappa shape index (κ1) is 28.1. The molecule has 1 aromatic rings. The summed E-state index contributed by atoms with van der Waals surface area (Å²) in [5, 5.41) is 20.0. The number of nitrogens with one attached hydrogen (secondary N) is 3. The molecule has 8 nitrogen and oxygen atoms in total. The normalized spacial score (nSPS) is 24.2. The lowest BCUT2D eigenvalue weighted by molar-refractivity contribution is -0.133. The number of benzene rings is 1. The van der Waals surface area contributed by atoms with Crippen LogP contribution >= 0.6 is 0 Å². The lowest BCUT2D eigenvalue weighted by Gasteiger charge is -2.47. The first-order valence-corrected chi connectivity index (χ1v) is 13.3. The molecule has 1 saturated heterocycles. The molecular weight excluding hydrogens is 456 g/mol. The Bertz CT molecular complexity index is 885. The van der Waals surface area contributed by atoms with Gasteiger partial charge < -0.3 is 21.1 Å². The van der Waals surface area contributed by atoms with E-state index in [1.54, 1.807) is 0 Å². The van der Waals surface area contributed by atoms with Gasteiger partial charge in [-0.05, 0) is 57.4 Å². The monoisotopic (exact) mass is 500 g/mol. The molecule has 4 N–H and O–H groups in total. The van der Waals surface area contributed by atoms with Crippen molar-refractivity contribution in [3.63, 3.8) is 0 Å². The highest BCUT2D eigenvalue weighted by atomic mass is 16.3. The number of likely N-dealkylation sites (tertiary alicyclic amines) is 1. The quantitative estimate of drug-likeness (QED) is 0.415. The molecule has 0 aromatic heterocycles. The number of β-amino-alcohol motifs (C(OH)–C–C–N with tert-alkyl or cyclic N) is 1. The van der Waals surface area contributed by atoms with E-state index in [2.05, 4.69) is 20.9 Å². The highest BCUT2D eigenvalue weighted by Crippen LogP contribution is 2.38. The van der Waals surface area contributed by atoms with Crippen molar-refractivity contribution >= 4 is 17.7 Å². The van der Waals surface area contributed by atoms with Gasteiger partial charge in [0.1, 0.15) is 0 Å². The van der Waals surface area contributed by atoms with Crippen molar-refractivity contribution in [3.05, 3.63) is 35.9 Å². The van der Waals surface area contributed by atoms with E-state index in [-0.39, 0.29) is 35.8 Å². The van der Waals surface area contributed by atoms with Crippen LogP contribution in [0, 0.1) is 11.8 Å². The second-order valence-electron chi connectivity index (χ2n) is 11.6. The molecular formula is C28H44N4O4. The van der Waals surface area contributed by atoms with Crippen molar-refractivity contribution in [1.29, 1.82) is 0 Å². The van der Waals surface area contributed by atoms with Crippen molar-refractivity contribution in [2.75, 3.05) is 19.6 Å². The van der Waals surface area contributed by atoms with Gasteiger partial charge in [0.05, 0.1) is 24.7 Å². The summed E-state index contributed by atoms with van der Waals surface area (Å²) in [5.41, 5.74) is 0.660. The molecule has 8 heteroatoms. The predicted molar refractivity (Wildman–Crippen MR) is 140 cm³/mol. The van der Waals surface area contributed by atoms with Crippen LogP contribution in [-0.2, 0) is 20.8 Å². The number of carbonyl (C=O) groups is 3. The Hall–Kier alpha value is -2.45. The second-order valence-corrected chi connectivity index (χ2v) is 11.6. The summed E-state index contributed by atoms with van der Waals surface area (Å²) >= 11 is 0. The number of fused-ring (bicyclic) bond motifs is 1. The number of aliphatic hydroxyl groups is 1. The van der Waals surface area contributed by atoms with Crippen molar-refractivity contribution in [3.8, 4) is 0 Å². The fourth-order valence-corrected chi connectivity index (χ4v) is 5.61. The summed E-state index contributed by atoms with van der Waals surface area (Å²) in [4.78, 5) is 39.3. The van der Waals surface area contributed by atoms with Gasteiger partial charge >= 0.3 is 0 Å². The molecule has 1 heterocycles. The number of rotatable bonds is 9. The van der Waals surface area contributed by atoms with Gasteiger partial charge in [-0.3, -0.25) is 19.3 Å². The summed E-state index contributed by atoms with van der Waals surface area (Å²) in [7, 11) is 0. The Kier molecular flexibility index (Phi) is 9.91. The lowest BCUT2D eigenvalue weighted by Crippen LogP contribution is -2.60. The molecule has 3 rings (SSSR count). The van der Waals surface area contributed by atoms with E-state index >= 15 is 0 Å². The molecule has 0 bridgehead atoms. The van der Waals surface area contributed by atoms with Gasteiger partial charge in [0.15, 0.2) is 0 Å². The van der Waals surface area contributed by atoms with Crippen LogP contribution in [0.25, 0.3) is 0 Å². The maximum absolute atomic E-state index is 13.3. The predicted octanol–water partition coefficient (Wildman–Crippen LogP) is 2.01. The molecule has 1 aliphatic heterocycles. The van der Waals surface area contributed by atoms with Crippen molar-refractivity contribution in [2.45, 2.75) is 89.9 Å². The highest BCUT2D eigenvalue weighted by Gasteiger charge is 2.41. The van der Waals surface area contributed by atoms with E-state index in [0.29, 0.717) is 24.8 Å². The molecule has 36 heavy (non-hydrogen) atoms. The fourth-order valence-electron chi connectivity index (χ4n) is 5.61. The zero-order valence-electron chi connectivity index (χ0n) is 22.3. The molecule has 1 aromatic carbocycles. The van der Waals surface area contributed by atoms with Gasteiger partial charge in [-0.25, -0.2) is 0 Å². The number of aliphatic hydroxyl groups excluding tert-OH is 1. The van der Waals surface area contributed by atoms with E-state index in [1.165, 1.54) is 19.8 Å². The van der Waals surface area contributed by atoms with E-state index in [9.17, 15) is 19.5 Å². The molecule has 3 unspecified atom stereocenters. The molecule has 200 valence electrons. The number of hydrogen-bond acceptors (Lipinski definition) is 5. The first-order chi connectivity index (χ1) is 17.0. The minimum atomic E-state index is -0.878. The lowest BCUT2D eigenvalue weighted by atomic mass is 9.72. The van der Waals surface area contributed by atoms with Crippen molar-refractivity contribution in [1.82, 2.24) is 20.9 Å². The average molecular weight is 501 g/mol. The summed E-state index contributed by atoms with van der Waals surface area (Å²) in [5.74, 6) is 0.450.